The first-order valence-electron chi connectivity index (χ1n) is 6.34. The monoisotopic (exact) mass is 261 g/mol. The van der Waals surface area contributed by atoms with Crippen molar-refractivity contribution in [3.05, 3.63) is 29.3 Å². The predicted molar refractivity (Wildman–Crippen MR) is 72.0 cm³/mol. The van der Waals surface area contributed by atoms with Crippen LogP contribution in [-0.4, -0.2) is 16.1 Å². The van der Waals surface area contributed by atoms with Crippen molar-refractivity contribution in [3.63, 3.8) is 0 Å². The Morgan fingerprint density at radius 3 is 2.83 bits per heavy atom. The summed E-state index contributed by atoms with van der Waals surface area (Å²) in [5.41, 5.74) is 0.993. The highest BCUT2D eigenvalue weighted by Crippen LogP contribution is 2.40. The zero-order valence-electron chi connectivity index (χ0n) is 10.0. The normalized spacial score (nSPS) is 24.2. The van der Waals surface area contributed by atoms with Gasteiger partial charge in [-0.2, -0.15) is 0 Å². The molecule has 1 aromatic carbocycles. The van der Waals surface area contributed by atoms with Crippen LogP contribution in [0.5, 0.6) is 0 Å². The summed E-state index contributed by atoms with van der Waals surface area (Å²) in [5, 5.41) is 10.3. The molecule has 0 bridgehead atoms. The Morgan fingerprint density at radius 2 is 2.06 bits per heavy atom. The van der Waals surface area contributed by atoms with Gasteiger partial charge in [-0.1, -0.05) is 25.0 Å². The number of para-hydroxylation sites is 1. The third-order valence-electron chi connectivity index (χ3n) is 3.71. The molecule has 0 unspecified atom stereocenters. The molecule has 0 spiro atoms. The van der Waals surface area contributed by atoms with Crippen LogP contribution in [0.4, 0.5) is 0 Å². The number of nitrogens with zero attached hydrogens (tertiary/aromatic N) is 1. The Balaban J connectivity index is 1.98. The van der Waals surface area contributed by atoms with Crippen LogP contribution in [0, 0.1) is 5.92 Å². The van der Waals surface area contributed by atoms with E-state index in [2.05, 4.69) is 11.1 Å². The maximum atomic E-state index is 11.3. The van der Waals surface area contributed by atoms with Gasteiger partial charge in [-0.25, -0.2) is 4.98 Å². The van der Waals surface area contributed by atoms with E-state index in [-0.39, 0.29) is 11.8 Å². The molecule has 0 saturated heterocycles. The number of thiazole rings is 1. The van der Waals surface area contributed by atoms with Crippen LogP contribution in [0.2, 0.25) is 0 Å². The van der Waals surface area contributed by atoms with E-state index in [4.69, 9.17) is 0 Å². The van der Waals surface area contributed by atoms with Crippen molar-refractivity contribution in [1.29, 1.82) is 0 Å². The molecule has 1 N–H and O–H groups in total. The first kappa shape index (κ1) is 11.7. The van der Waals surface area contributed by atoms with E-state index in [9.17, 15) is 9.90 Å². The van der Waals surface area contributed by atoms with E-state index in [1.807, 2.05) is 18.2 Å². The maximum Gasteiger partial charge on any atom is 0.307 e. The van der Waals surface area contributed by atoms with Gasteiger partial charge < -0.3 is 5.11 Å². The summed E-state index contributed by atoms with van der Waals surface area (Å²) in [6.45, 7) is 0. The number of aromatic nitrogens is 1. The highest BCUT2D eigenvalue weighted by Gasteiger charge is 2.33. The van der Waals surface area contributed by atoms with Crippen molar-refractivity contribution in [2.45, 2.75) is 31.6 Å². The van der Waals surface area contributed by atoms with Crippen molar-refractivity contribution < 1.29 is 9.90 Å². The molecule has 1 aromatic heterocycles. The van der Waals surface area contributed by atoms with E-state index in [1.54, 1.807) is 11.3 Å². The van der Waals surface area contributed by atoms with Gasteiger partial charge in [0.15, 0.2) is 0 Å². The summed E-state index contributed by atoms with van der Waals surface area (Å²) in [5.74, 6) is -0.813. The van der Waals surface area contributed by atoms with Crippen LogP contribution in [0.1, 0.15) is 36.6 Å². The Kier molecular flexibility index (Phi) is 3.04. The Hall–Kier alpha value is -1.42. The largest absolute Gasteiger partial charge is 0.481 e. The highest BCUT2D eigenvalue weighted by atomic mass is 32.1. The van der Waals surface area contributed by atoms with Crippen LogP contribution in [0.15, 0.2) is 24.3 Å². The second kappa shape index (κ2) is 4.69. The molecule has 0 amide bonds. The summed E-state index contributed by atoms with van der Waals surface area (Å²) < 4.78 is 1.15. The average molecular weight is 261 g/mol. The molecular weight excluding hydrogens is 246 g/mol. The lowest BCUT2D eigenvalue weighted by Gasteiger charge is -2.26. The summed E-state index contributed by atoms with van der Waals surface area (Å²) >= 11 is 1.65. The molecule has 2 atom stereocenters. The highest BCUT2D eigenvalue weighted by molar-refractivity contribution is 7.18. The number of aliphatic carboxylic acids is 1. The number of benzene rings is 1. The molecule has 1 aliphatic rings. The Morgan fingerprint density at radius 1 is 1.28 bits per heavy atom. The van der Waals surface area contributed by atoms with Gasteiger partial charge in [0.1, 0.15) is 0 Å². The van der Waals surface area contributed by atoms with E-state index < -0.39 is 5.97 Å². The fraction of sp³-hybridized carbons (Fsp3) is 0.429. The minimum absolute atomic E-state index is 0.105. The molecule has 4 heteroatoms. The topological polar surface area (TPSA) is 50.2 Å². The van der Waals surface area contributed by atoms with Crippen LogP contribution in [-0.2, 0) is 4.79 Å². The molecule has 94 valence electrons. The number of carboxylic acid groups (broad SMARTS) is 1. The zero-order valence-corrected chi connectivity index (χ0v) is 10.8. The summed E-state index contributed by atoms with van der Waals surface area (Å²) in [4.78, 5) is 16.0. The van der Waals surface area contributed by atoms with Crippen LogP contribution >= 0.6 is 11.3 Å². The minimum Gasteiger partial charge on any atom is -0.481 e. The molecule has 1 heterocycles. The van der Waals surface area contributed by atoms with Gasteiger partial charge in [-0.05, 0) is 25.0 Å². The molecule has 18 heavy (non-hydrogen) atoms. The van der Waals surface area contributed by atoms with Crippen molar-refractivity contribution >= 4 is 27.5 Å². The van der Waals surface area contributed by atoms with Gasteiger partial charge >= 0.3 is 5.97 Å². The fourth-order valence-electron chi connectivity index (χ4n) is 2.77. The Bertz CT molecular complexity index is 545. The fourth-order valence-corrected chi connectivity index (χ4v) is 3.94. The first-order valence-corrected chi connectivity index (χ1v) is 7.15. The lowest BCUT2D eigenvalue weighted by Crippen LogP contribution is -2.25. The molecular formula is C14H15NO2S. The molecule has 2 aromatic rings. The lowest BCUT2D eigenvalue weighted by molar-refractivity contribution is -0.143. The van der Waals surface area contributed by atoms with Crippen molar-refractivity contribution in [2.75, 3.05) is 0 Å². The van der Waals surface area contributed by atoms with Gasteiger partial charge in [-0.3, -0.25) is 4.79 Å². The Labute approximate surface area is 109 Å². The summed E-state index contributed by atoms with van der Waals surface area (Å²) in [7, 11) is 0. The second-order valence-electron chi connectivity index (χ2n) is 4.86. The minimum atomic E-state index is -0.668. The van der Waals surface area contributed by atoms with Gasteiger partial charge in [0.25, 0.3) is 0 Å². The standard InChI is InChI=1S/C14H15NO2S/c16-14(17)10-6-2-1-5-9(10)13-15-11-7-3-4-8-12(11)18-13/h3-4,7-10H,1-2,5-6H2,(H,16,17)/t9-,10-/m1/s1. The molecule has 1 saturated carbocycles. The lowest BCUT2D eigenvalue weighted by atomic mass is 9.79. The average Bonchev–Trinajstić information content (AvgIpc) is 2.82. The number of carboxylic acids is 1. The van der Waals surface area contributed by atoms with Gasteiger partial charge in [0.05, 0.1) is 21.1 Å². The molecule has 0 aliphatic heterocycles. The van der Waals surface area contributed by atoms with E-state index in [1.165, 1.54) is 0 Å². The van der Waals surface area contributed by atoms with Crippen LogP contribution < -0.4 is 0 Å². The molecule has 3 rings (SSSR count). The number of hydrogen-bond donors (Lipinski definition) is 1. The van der Waals surface area contributed by atoms with Gasteiger partial charge in [-0.15, -0.1) is 11.3 Å². The third kappa shape index (κ3) is 2.01. The van der Waals surface area contributed by atoms with Crippen molar-refractivity contribution in [2.24, 2.45) is 5.92 Å². The van der Waals surface area contributed by atoms with Crippen LogP contribution in [0.3, 0.4) is 0 Å². The van der Waals surface area contributed by atoms with E-state index in [0.717, 1.165) is 40.9 Å². The summed E-state index contributed by atoms with van der Waals surface area (Å²) in [6.07, 6.45) is 3.88. The van der Waals surface area contributed by atoms with Gasteiger partial charge in [0.2, 0.25) is 0 Å². The molecule has 1 fully saturated rings. The number of carbonyl (C=O) groups is 1. The second-order valence-corrected chi connectivity index (χ2v) is 5.92. The summed E-state index contributed by atoms with van der Waals surface area (Å²) in [6, 6.07) is 8.02. The zero-order chi connectivity index (χ0) is 12.5. The molecule has 3 nitrogen and oxygen atoms in total. The van der Waals surface area contributed by atoms with E-state index >= 15 is 0 Å². The van der Waals surface area contributed by atoms with Gasteiger partial charge in [0, 0.05) is 5.92 Å². The van der Waals surface area contributed by atoms with E-state index in [0.29, 0.717) is 0 Å². The van der Waals surface area contributed by atoms with Crippen molar-refractivity contribution in [1.82, 2.24) is 4.98 Å². The molecule has 0 radical (unpaired) electrons. The van der Waals surface area contributed by atoms with Crippen LogP contribution in [0.25, 0.3) is 10.2 Å². The number of hydrogen-bond acceptors (Lipinski definition) is 3. The first-order chi connectivity index (χ1) is 8.75. The number of rotatable bonds is 2. The maximum absolute atomic E-state index is 11.3. The third-order valence-corrected chi connectivity index (χ3v) is 4.88. The molecule has 1 aliphatic carbocycles. The van der Waals surface area contributed by atoms with Crippen molar-refractivity contribution in [3.8, 4) is 0 Å². The smallest absolute Gasteiger partial charge is 0.307 e. The SMILES string of the molecule is O=C(O)[C@@H]1CCCC[C@H]1c1nc2ccccc2s1. The number of fused-ring (bicyclic) bond motifs is 1. The predicted octanol–water partition coefficient (Wildman–Crippen LogP) is 3.65. The quantitative estimate of drug-likeness (QED) is 0.897.